The molecule has 1 spiro atoms. The lowest BCUT2D eigenvalue weighted by Crippen LogP contribution is -2.49. The van der Waals surface area contributed by atoms with Crippen molar-refractivity contribution in [1.82, 2.24) is 20.0 Å². The van der Waals surface area contributed by atoms with E-state index < -0.39 is 0 Å². The SMILES string of the molecule is C[C@H](NC(=O)N1CCC2(CCOCC2)CC1)c1cnn(-c2ccccc2)c1. The van der Waals surface area contributed by atoms with Gasteiger partial charge in [-0.25, -0.2) is 9.48 Å². The molecule has 0 unspecified atom stereocenters. The van der Waals surface area contributed by atoms with Crippen LogP contribution in [-0.2, 0) is 4.74 Å². The summed E-state index contributed by atoms with van der Waals surface area (Å²) in [6.45, 7) is 5.42. The van der Waals surface area contributed by atoms with Crippen LogP contribution in [0.3, 0.4) is 0 Å². The molecule has 0 bridgehead atoms. The summed E-state index contributed by atoms with van der Waals surface area (Å²) in [5.41, 5.74) is 2.42. The van der Waals surface area contributed by atoms with Gasteiger partial charge in [0.2, 0.25) is 0 Å². The molecule has 2 aliphatic heterocycles. The molecule has 2 fully saturated rings. The van der Waals surface area contributed by atoms with Crippen LogP contribution in [0.15, 0.2) is 42.7 Å². The predicted octanol–water partition coefficient (Wildman–Crippen LogP) is 3.54. The zero-order valence-electron chi connectivity index (χ0n) is 15.9. The van der Waals surface area contributed by atoms with Gasteiger partial charge in [-0.3, -0.25) is 0 Å². The van der Waals surface area contributed by atoms with Gasteiger partial charge in [0.25, 0.3) is 0 Å². The van der Waals surface area contributed by atoms with Gasteiger partial charge >= 0.3 is 6.03 Å². The zero-order valence-corrected chi connectivity index (χ0v) is 15.9. The second-order valence-corrected chi connectivity index (χ2v) is 7.82. The molecule has 0 aliphatic carbocycles. The number of amides is 2. The molecule has 2 saturated heterocycles. The number of piperidine rings is 1. The minimum atomic E-state index is -0.0751. The van der Waals surface area contributed by atoms with Gasteiger partial charge in [-0.05, 0) is 50.2 Å². The summed E-state index contributed by atoms with van der Waals surface area (Å²) < 4.78 is 7.35. The second kappa shape index (κ2) is 7.72. The number of nitrogens with one attached hydrogen (secondary N) is 1. The summed E-state index contributed by atoms with van der Waals surface area (Å²) in [6, 6.07) is 9.94. The van der Waals surface area contributed by atoms with E-state index in [0.29, 0.717) is 5.41 Å². The van der Waals surface area contributed by atoms with Crippen molar-refractivity contribution < 1.29 is 9.53 Å². The van der Waals surface area contributed by atoms with Crippen molar-refractivity contribution in [1.29, 1.82) is 0 Å². The van der Waals surface area contributed by atoms with E-state index in [4.69, 9.17) is 4.74 Å². The van der Waals surface area contributed by atoms with E-state index in [0.717, 1.165) is 63.2 Å². The number of aromatic nitrogens is 2. The minimum Gasteiger partial charge on any atom is -0.381 e. The Labute approximate surface area is 160 Å². The van der Waals surface area contributed by atoms with Crippen LogP contribution in [0, 0.1) is 5.41 Å². The van der Waals surface area contributed by atoms with Crippen molar-refractivity contribution in [3.05, 3.63) is 48.3 Å². The molecule has 27 heavy (non-hydrogen) atoms. The number of rotatable bonds is 3. The monoisotopic (exact) mass is 368 g/mol. The molecule has 144 valence electrons. The molecular formula is C21H28N4O2. The van der Waals surface area contributed by atoms with E-state index in [1.807, 2.05) is 59.2 Å². The molecule has 1 aromatic carbocycles. The Kier molecular flexibility index (Phi) is 5.16. The van der Waals surface area contributed by atoms with Crippen molar-refractivity contribution in [2.24, 2.45) is 5.41 Å². The van der Waals surface area contributed by atoms with Gasteiger partial charge in [-0.2, -0.15) is 5.10 Å². The average molecular weight is 368 g/mol. The van der Waals surface area contributed by atoms with Crippen LogP contribution >= 0.6 is 0 Å². The lowest BCUT2D eigenvalue weighted by molar-refractivity contribution is -0.0146. The quantitative estimate of drug-likeness (QED) is 0.901. The molecule has 6 heteroatoms. The van der Waals surface area contributed by atoms with Crippen LogP contribution in [0.25, 0.3) is 5.69 Å². The van der Waals surface area contributed by atoms with E-state index in [9.17, 15) is 4.79 Å². The normalized spacial score (nSPS) is 20.4. The number of benzene rings is 1. The number of ether oxygens (including phenoxy) is 1. The standard InChI is InChI=1S/C21H28N4O2/c1-17(18-15-22-25(16-18)19-5-3-2-4-6-19)23-20(26)24-11-7-21(8-12-24)9-13-27-14-10-21/h2-6,15-17H,7-14H2,1H3,(H,23,26)/t17-/m0/s1. The molecule has 0 saturated carbocycles. The predicted molar refractivity (Wildman–Crippen MR) is 104 cm³/mol. The third-order valence-electron chi connectivity index (χ3n) is 6.13. The molecule has 2 aromatic rings. The highest BCUT2D eigenvalue weighted by Gasteiger charge is 2.37. The van der Waals surface area contributed by atoms with Crippen LogP contribution in [0.2, 0.25) is 0 Å². The third kappa shape index (κ3) is 4.00. The smallest absolute Gasteiger partial charge is 0.317 e. The maximum Gasteiger partial charge on any atom is 0.317 e. The lowest BCUT2D eigenvalue weighted by Gasteiger charge is -2.44. The Hall–Kier alpha value is -2.34. The molecular weight excluding hydrogens is 340 g/mol. The minimum absolute atomic E-state index is 0.0249. The number of hydrogen-bond acceptors (Lipinski definition) is 3. The van der Waals surface area contributed by atoms with Crippen LogP contribution in [0.5, 0.6) is 0 Å². The van der Waals surface area contributed by atoms with Crippen LogP contribution in [0.4, 0.5) is 4.79 Å². The summed E-state index contributed by atoms with van der Waals surface area (Å²) in [7, 11) is 0. The van der Waals surface area contributed by atoms with Crippen molar-refractivity contribution in [3.8, 4) is 5.69 Å². The highest BCUT2D eigenvalue weighted by atomic mass is 16.5. The first-order valence-corrected chi connectivity index (χ1v) is 9.88. The highest BCUT2D eigenvalue weighted by molar-refractivity contribution is 5.74. The van der Waals surface area contributed by atoms with Crippen molar-refractivity contribution in [2.75, 3.05) is 26.3 Å². The van der Waals surface area contributed by atoms with Crippen molar-refractivity contribution >= 4 is 6.03 Å². The second-order valence-electron chi connectivity index (χ2n) is 7.82. The van der Waals surface area contributed by atoms with Gasteiger partial charge in [-0.1, -0.05) is 18.2 Å². The first kappa shape index (κ1) is 18.0. The van der Waals surface area contributed by atoms with Crippen molar-refractivity contribution in [2.45, 2.75) is 38.6 Å². The average Bonchev–Trinajstić information content (AvgIpc) is 3.20. The lowest BCUT2D eigenvalue weighted by atomic mass is 9.72. The molecule has 2 aliphatic rings. The van der Waals surface area contributed by atoms with E-state index in [1.165, 1.54) is 0 Å². The Bertz CT molecular complexity index is 757. The molecule has 3 heterocycles. The summed E-state index contributed by atoms with van der Waals surface area (Å²) in [4.78, 5) is 14.6. The van der Waals surface area contributed by atoms with Gasteiger partial charge in [0.05, 0.1) is 17.9 Å². The number of urea groups is 1. The molecule has 1 N–H and O–H groups in total. The van der Waals surface area contributed by atoms with Crippen LogP contribution in [-0.4, -0.2) is 47.0 Å². The zero-order chi connectivity index (χ0) is 18.7. The van der Waals surface area contributed by atoms with Gasteiger partial charge in [0.1, 0.15) is 0 Å². The first-order valence-electron chi connectivity index (χ1n) is 9.88. The Morgan fingerprint density at radius 2 is 1.85 bits per heavy atom. The number of carbonyl (C=O) groups is 1. The molecule has 4 rings (SSSR count). The van der Waals surface area contributed by atoms with Gasteiger partial charge in [0, 0.05) is 38.1 Å². The van der Waals surface area contributed by atoms with E-state index in [1.54, 1.807) is 0 Å². The number of para-hydroxylation sites is 1. The Balaban J connectivity index is 1.33. The van der Waals surface area contributed by atoms with E-state index >= 15 is 0 Å². The summed E-state index contributed by atoms with van der Waals surface area (Å²) >= 11 is 0. The van der Waals surface area contributed by atoms with Crippen molar-refractivity contribution in [3.63, 3.8) is 0 Å². The maximum absolute atomic E-state index is 12.7. The molecule has 6 nitrogen and oxygen atoms in total. The molecule has 2 amide bonds. The highest BCUT2D eigenvalue weighted by Crippen LogP contribution is 2.40. The topological polar surface area (TPSA) is 59.4 Å². The van der Waals surface area contributed by atoms with E-state index in [2.05, 4.69) is 10.4 Å². The molecule has 1 aromatic heterocycles. The molecule has 1 atom stereocenters. The maximum atomic E-state index is 12.7. The Morgan fingerprint density at radius 3 is 2.56 bits per heavy atom. The van der Waals surface area contributed by atoms with Crippen LogP contribution < -0.4 is 5.32 Å². The first-order chi connectivity index (χ1) is 13.2. The summed E-state index contributed by atoms with van der Waals surface area (Å²) in [5, 5.41) is 7.56. The largest absolute Gasteiger partial charge is 0.381 e. The molecule has 0 radical (unpaired) electrons. The van der Waals surface area contributed by atoms with Crippen LogP contribution in [0.1, 0.15) is 44.2 Å². The number of hydrogen-bond donors (Lipinski definition) is 1. The van der Waals surface area contributed by atoms with Gasteiger partial charge in [0.15, 0.2) is 0 Å². The Morgan fingerprint density at radius 1 is 1.15 bits per heavy atom. The fourth-order valence-electron chi connectivity index (χ4n) is 4.13. The number of likely N-dealkylation sites (tertiary alicyclic amines) is 1. The third-order valence-corrected chi connectivity index (χ3v) is 6.13. The summed E-state index contributed by atoms with van der Waals surface area (Å²) in [6.07, 6.45) is 8.25. The van der Waals surface area contributed by atoms with E-state index in [-0.39, 0.29) is 12.1 Å². The fourth-order valence-corrected chi connectivity index (χ4v) is 4.13. The summed E-state index contributed by atoms with van der Waals surface area (Å²) in [5.74, 6) is 0. The number of carbonyl (C=O) groups excluding carboxylic acids is 1. The fraction of sp³-hybridized carbons (Fsp3) is 0.524. The van der Waals surface area contributed by atoms with Gasteiger partial charge < -0.3 is 15.0 Å². The number of nitrogens with zero attached hydrogens (tertiary/aromatic N) is 3. The van der Waals surface area contributed by atoms with Gasteiger partial charge in [-0.15, -0.1) is 0 Å².